The summed E-state index contributed by atoms with van der Waals surface area (Å²) in [7, 11) is 14.8. The minimum absolute atomic E-state index is 0. The van der Waals surface area contributed by atoms with Gasteiger partial charge in [0.2, 0.25) is 0 Å². The summed E-state index contributed by atoms with van der Waals surface area (Å²) < 4.78 is 0. The monoisotopic (exact) mass is 292 g/mol. The zero-order valence-electron chi connectivity index (χ0n) is 8.27. The summed E-state index contributed by atoms with van der Waals surface area (Å²) in [5.41, 5.74) is 3.78. The molecule has 0 amide bonds. The first-order valence-corrected chi connectivity index (χ1v) is 8.88. The molecule has 0 aliphatic heterocycles. The maximum Gasteiger partial charge on any atom is -0.693 e. The van der Waals surface area contributed by atoms with Crippen LogP contribution in [-0.2, 0) is 11.4 Å². The number of rotatable bonds is 0. The quantitative estimate of drug-likeness (QED) is 0.589. The molecule has 0 spiro atoms. The van der Waals surface area contributed by atoms with Crippen molar-refractivity contribution in [2.75, 3.05) is 0 Å². The van der Waals surface area contributed by atoms with Gasteiger partial charge < -0.3 is 6.15 Å². The predicted molar refractivity (Wildman–Crippen MR) is 62.3 cm³/mol. The molecule has 1 aromatic carbocycles. The molecule has 14 heavy (non-hydrogen) atoms. The van der Waals surface area contributed by atoms with Crippen molar-refractivity contribution >= 4 is 30.1 Å². The minimum Gasteiger partial charge on any atom is -0.693 e. The van der Waals surface area contributed by atoms with Crippen LogP contribution in [0, 0.1) is 26.8 Å². The number of aryl methyl sites for hydroxylation is 3. The van der Waals surface area contributed by atoms with E-state index < -0.39 is 11.4 Å². The first-order chi connectivity index (χ1) is 5.91. The van der Waals surface area contributed by atoms with Crippen LogP contribution in [0.15, 0.2) is 12.1 Å². The molecule has 1 rings (SSSR count). The van der Waals surface area contributed by atoms with Crippen LogP contribution in [0.2, 0.25) is 0 Å². The van der Waals surface area contributed by atoms with Crippen molar-refractivity contribution in [3.05, 3.63) is 41.0 Å². The van der Waals surface area contributed by atoms with E-state index in [9.17, 15) is 0 Å². The standard InChI is InChI=1S/C9H11.3ClH.Cr.H2N/c1-7-4-8(2)6-9(3)5-7;;;;;/h4-5H,1-3H3;3*1H;;1H2/q-1;;;;+3;-1/p-3. The molecular weight excluding hydrogens is 280 g/mol. The third-order valence-corrected chi connectivity index (χ3v) is 1.28. The molecule has 0 saturated carbocycles. The molecule has 2 N–H and O–H groups in total. The van der Waals surface area contributed by atoms with Gasteiger partial charge in [0.25, 0.3) is 0 Å². The van der Waals surface area contributed by atoms with E-state index in [4.69, 9.17) is 30.1 Å². The largest absolute Gasteiger partial charge is 0.693 e. The molecule has 0 bridgehead atoms. The number of halogens is 3. The molecule has 5 heteroatoms. The van der Waals surface area contributed by atoms with Crippen molar-refractivity contribution < 1.29 is 11.4 Å². The van der Waals surface area contributed by atoms with Gasteiger partial charge in [0, 0.05) is 0 Å². The Balaban J connectivity index is 0. The molecule has 0 atom stereocenters. The van der Waals surface area contributed by atoms with Crippen LogP contribution in [0.4, 0.5) is 0 Å². The molecule has 83 valence electrons. The second-order valence-corrected chi connectivity index (χ2v) is 9.02. The molecule has 0 fully saturated rings. The Morgan fingerprint density at radius 3 is 1.50 bits per heavy atom. The van der Waals surface area contributed by atoms with E-state index in [-0.39, 0.29) is 6.15 Å². The third-order valence-electron chi connectivity index (χ3n) is 1.28. The summed E-state index contributed by atoms with van der Waals surface area (Å²) >= 11 is -1.62. The van der Waals surface area contributed by atoms with Gasteiger partial charge in [-0.15, -0.1) is 0 Å². The Labute approximate surface area is 103 Å². The first kappa shape index (κ1) is 17.0. The minimum atomic E-state index is -1.62. The van der Waals surface area contributed by atoms with Crippen LogP contribution in [0.5, 0.6) is 0 Å². The Kier molecular flexibility index (Phi) is 10.7. The molecule has 1 nitrogen and oxygen atoms in total. The zero-order valence-corrected chi connectivity index (χ0v) is 11.8. The van der Waals surface area contributed by atoms with E-state index in [1.807, 2.05) is 0 Å². The fourth-order valence-electron chi connectivity index (χ4n) is 1.11. The summed E-state index contributed by atoms with van der Waals surface area (Å²) in [5.74, 6) is 0. The van der Waals surface area contributed by atoms with Crippen LogP contribution < -0.4 is 0 Å². The molecule has 0 radical (unpaired) electrons. The number of benzene rings is 1. The summed E-state index contributed by atoms with van der Waals surface area (Å²) in [6, 6.07) is 7.47. The molecule has 0 heterocycles. The van der Waals surface area contributed by atoms with Gasteiger partial charge >= 0.3 is 41.5 Å². The van der Waals surface area contributed by atoms with Crippen LogP contribution in [0.1, 0.15) is 16.7 Å². The molecule has 0 aliphatic carbocycles. The Morgan fingerprint density at radius 1 is 1.00 bits per heavy atom. The van der Waals surface area contributed by atoms with Gasteiger partial charge in [0.1, 0.15) is 0 Å². The molecule has 0 aromatic heterocycles. The second-order valence-electron chi connectivity index (χ2n) is 2.70. The number of nitrogens with two attached hydrogens (primary N) is 1. The molecule has 0 aliphatic rings. The number of hydrogen-bond donors (Lipinski definition) is 0. The van der Waals surface area contributed by atoms with E-state index in [0.29, 0.717) is 0 Å². The zero-order chi connectivity index (χ0) is 10.4. The first-order valence-electron chi connectivity index (χ1n) is 3.62. The Bertz CT molecular complexity index is 213. The SMILES string of the molecule is Cc1[c-]c(C)cc(C)c1.[Cl][Cr]([Cl])[Cl].[NH2-]. The summed E-state index contributed by atoms with van der Waals surface area (Å²) in [5, 5.41) is 0. The topological polar surface area (TPSA) is 33.5 Å². The van der Waals surface area contributed by atoms with Crippen molar-refractivity contribution in [3.8, 4) is 0 Å². The van der Waals surface area contributed by atoms with Gasteiger partial charge in [-0.3, -0.25) is 0 Å². The number of hydrogen-bond acceptors (Lipinski definition) is 0. The van der Waals surface area contributed by atoms with Crippen LogP contribution in [0.3, 0.4) is 0 Å². The fraction of sp³-hybridized carbons (Fsp3) is 0.333. The van der Waals surface area contributed by atoms with Gasteiger partial charge in [-0.05, 0) is 0 Å². The maximum absolute atomic E-state index is 4.93. The second kappa shape index (κ2) is 8.86. The predicted octanol–water partition coefficient (Wildman–Crippen LogP) is 5.20. The molecule has 0 unspecified atom stereocenters. The van der Waals surface area contributed by atoms with E-state index in [0.717, 1.165) is 0 Å². The Morgan fingerprint density at radius 2 is 1.29 bits per heavy atom. The van der Waals surface area contributed by atoms with Gasteiger partial charge in [-0.25, -0.2) is 0 Å². The van der Waals surface area contributed by atoms with Gasteiger partial charge in [-0.1, -0.05) is 20.8 Å². The van der Waals surface area contributed by atoms with Crippen molar-refractivity contribution in [2.24, 2.45) is 0 Å². The Hall–Kier alpha value is 0.582. The summed E-state index contributed by atoms with van der Waals surface area (Å²) in [6.07, 6.45) is 0. The van der Waals surface area contributed by atoms with Crippen LogP contribution in [-0.4, -0.2) is 0 Å². The van der Waals surface area contributed by atoms with Gasteiger partial charge in [0.15, 0.2) is 0 Å². The van der Waals surface area contributed by atoms with E-state index in [1.54, 1.807) is 0 Å². The van der Waals surface area contributed by atoms with E-state index in [1.165, 1.54) is 16.7 Å². The van der Waals surface area contributed by atoms with Crippen molar-refractivity contribution in [3.63, 3.8) is 0 Å². The van der Waals surface area contributed by atoms with Crippen molar-refractivity contribution in [2.45, 2.75) is 20.8 Å². The molecular formula is C9H13Cl3CrN-2. The van der Waals surface area contributed by atoms with Crippen molar-refractivity contribution in [1.29, 1.82) is 0 Å². The third kappa shape index (κ3) is 10.7. The smallest absolute Gasteiger partial charge is 0.693 e. The fourth-order valence-corrected chi connectivity index (χ4v) is 1.11. The summed E-state index contributed by atoms with van der Waals surface area (Å²) in [6.45, 7) is 6.24. The van der Waals surface area contributed by atoms with E-state index >= 15 is 0 Å². The van der Waals surface area contributed by atoms with Crippen LogP contribution in [0.25, 0.3) is 6.15 Å². The van der Waals surface area contributed by atoms with Gasteiger partial charge in [0.05, 0.1) is 0 Å². The van der Waals surface area contributed by atoms with Crippen LogP contribution >= 0.6 is 30.1 Å². The summed E-state index contributed by atoms with van der Waals surface area (Å²) in [4.78, 5) is 0. The average Bonchev–Trinajstić information content (AvgIpc) is 1.80. The molecule has 0 saturated heterocycles. The normalized spacial score (nSPS) is 8.79. The average molecular weight is 294 g/mol. The maximum atomic E-state index is 4.93. The molecule has 1 aromatic rings. The van der Waals surface area contributed by atoms with Gasteiger partial charge in [-0.2, -0.15) is 34.9 Å². The van der Waals surface area contributed by atoms with E-state index in [2.05, 4.69) is 39.0 Å². The van der Waals surface area contributed by atoms with Crippen molar-refractivity contribution in [1.82, 2.24) is 0 Å².